The van der Waals surface area contributed by atoms with Crippen LogP contribution in [-0.2, 0) is 4.79 Å². The Morgan fingerprint density at radius 1 is 1.70 bits per heavy atom. The molecule has 0 aromatic carbocycles. The lowest BCUT2D eigenvalue weighted by Crippen LogP contribution is -2.20. The Kier molecular flexibility index (Phi) is 1.93. The fraction of sp³-hybridized carbons (Fsp3) is 0.667. The maximum absolute atomic E-state index is 10.6. The fourth-order valence-corrected chi connectivity index (χ4v) is 1.55. The molecule has 0 spiro atoms. The van der Waals surface area contributed by atoms with E-state index < -0.39 is 0 Å². The average Bonchev–Trinajstić information content (AvgIpc) is 1.88. The van der Waals surface area contributed by atoms with Crippen molar-refractivity contribution in [1.82, 2.24) is 0 Å². The van der Waals surface area contributed by atoms with E-state index >= 15 is 0 Å². The molecule has 0 aliphatic heterocycles. The topological polar surface area (TPSA) is 17.1 Å². The summed E-state index contributed by atoms with van der Waals surface area (Å²) in [5.74, 6) is 0. The molecule has 0 saturated carbocycles. The van der Waals surface area contributed by atoms with Gasteiger partial charge in [-0.25, -0.2) is 0 Å². The molecule has 1 unspecified atom stereocenters. The van der Waals surface area contributed by atoms with Gasteiger partial charge in [-0.05, 0) is 26.2 Å². The van der Waals surface area contributed by atoms with Gasteiger partial charge in [-0.1, -0.05) is 18.6 Å². The molecule has 56 valence electrons. The first-order valence-electron chi connectivity index (χ1n) is 3.78. The van der Waals surface area contributed by atoms with E-state index in [9.17, 15) is 4.79 Å². The first-order chi connectivity index (χ1) is 4.66. The highest BCUT2D eigenvalue weighted by atomic mass is 16.1. The van der Waals surface area contributed by atoms with Crippen molar-refractivity contribution in [2.24, 2.45) is 5.41 Å². The zero-order chi connectivity index (χ0) is 7.61. The first kappa shape index (κ1) is 7.52. The van der Waals surface area contributed by atoms with Crippen molar-refractivity contribution in [3.63, 3.8) is 0 Å². The van der Waals surface area contributed by atoms with Crippen LogP contribution < -0.4 is 0 Å². The Bertz CT molecular complexity index is 170. The van der Waals surface area contributed by atoms with E-state index in [0.717, 1.165) is 25.5 Å². The second-order valence-electron chi connectivity index (χ2n) is 3.54. The molecule has 10 heavy (non-hydrogen) atoms. The predicted molar refractivity (Wildman–Crippen MR) is 41.8 cm³/mol. The number of carbonyl (C=O) groups excluding carboxylic acids is 1. The van der Waals surface area contributed by atoms with Crippen LogP contribution in [0.4, 0.5) is 0 Å². The van der Waals surface area contributed by atoms with E-state index in [2.05, 4.69) is 13.0 Å². The molecule has 0 bridgehead atoms. The number of hydrogen-bond donors (Lipinski definition) is 0. The van der Waals surface area contributed by atoms with Crippen LogP contribution in [-0.4, -0.2) is 6.29 Å². The molecule has 1 heteroatoms. The number of allylic oxidation sites excluding steroid dienone is 2. The third-order valence-corrected chi connectivity index (χ3v) is 2.18. The van der Waals surface area contributed by atoms with Gasteiger partial charge in [-0.2, -0.15) is 0 Å². The van der Waals surface area contributed by atoms with Crippen LogP contribution in [0.3, 0.4) is 0 Å². The minimum absolute atomic E-state index is 0.0567. The van der Waals surface area contributed by atoms with Crippen LogP contribution in [0.1, 0.15) is 33.1 Å². The average molecular weight is 138 g/mol. The Labute approximate surface area is 62.1 Å². The summed E-state index contributed by atoms with van der Waals surface area (Å²) in [6.45, 7) is 4.14. The van der Waals surface area contributed by atoms with Crippen LogP contribution in [0.15, 0.2) is 11.6 Å². The van der Waals surface area contributed by atoms with Gasteiger partial charge in [0.2, 0.25) is 0 Å². The summed E-state index contributed by atoms with van der Waals surface area (Å²) in [6, 6.07) is 0. The molecule has 1 nitrogen and oxygen atoms in total. The molecule has 1 aliphatic rings. The second-order valence-corrected chi connectivity index (χ2v) is 3.54. The van der Waals surface area contributed by atoms with Crippen molar-refractivity contribution in [3.8, 4) is 0 Å². The standard InChI is InChI=1S/C9H14O/c1-8-4-3-5-9(2,6-8)7-10/h4,7H,3,5-6H2,1-2H3. The van der Waals surface area contributed by atoms with E-state index in [1.165, 1.54) is 5.57 Å². The van der Waals surface area contributed by atoms with Crippen LogP contribution in [0.25, 0.3) is 0 Å². The summed E-state index contributed by atoms with van der Waals surface area (Å²) < 4.78 is 0. The Morgan fingerprint density at radius 3 is 2.80 bits per heavy atom. The summed E-state index contributed by atoms with van der Waals surface area (Å²) in [5, 5.41) is 0. The third kappa shape index (κ3) is 1.47. The van der Waals surface area contributed by atoms with Gasteiger partial charge < -0.3 is 4.79 Å². The van der Waals surface area contributed by atoms with Crippen molar-refractivity contribution in [1.29, 1.82) is 0 Å². The van der Waals surface area contributed by atoms with E-state index in [1.54, 1.807) is 0 Å². The van der Waals surface area contributed by atoms with E-state index in [4.69, 9.17) is 0 Å². The van der Waals surface area contributed by atoms with E-state index in [1.807, 2.05) is 6.92 Å². The minimum atomic E-state index is -0.0567. The van der Waals surface area contributed by atoms with Crippen molar-refractivity contribution in [2.45, 2.75) is 33.1 Å². The van der Waals surface area contributed by atoms with Crippen LogP contribution >= 0.6 is 0 Å². The largest absolute Gasteiger partial charge is 0.303 e. The van der Waals surface area contributed by atoms with E-state index in [-0.39, 0.29) is 5.41 Å². The molecular weight excluding hydrogens is 124 g/mol. The lowest BCUT2D eigenvalue weighted by Gasteiger charge is -2.26. The van der Waals surface area contributed by atoms with Gasteiger partial charge >= 0.3 is 0 Å². The lowest BCUT2D eigenvalue weighted by atomic mass is 9.77. The van der Waals surface area contributed by atoms with Gasteiger partial charge in [0, 0.05) is 5.41 Å². The highest BCUT2D eigenvalue weighted by molar-refractivity contribution is 5.59. The van der Waals surface area contributed by atoms with Gasteiger partial charge in [-0.15, -0.1) is 0 Å². The molecule has 1 aliphatic carbocycles. The smallest absolute Gasteiger partial charge is 0.126 e. The van der Waals surface area contributed by atoms with Crippen molar-refractivity contribution >= 4 is 6.29 Å². The Morgan fingerprint density at radius 2 is 2.40 bits per heavy atom. The van der Waals surface area contributed by atoms with Crippen molar-refractivity contribution < 1.29 is 4.79 Å². The molecule has 0 amide bonds. The Hall–Kier alpha value is -0.590. The van der Waals surface area contributed by atoms with Gasteiger partial charge in [0.1, 0.15) is 6.29 Å². The molecule has 0 heterocycles. The van der Waals surface area contributed by atoms with Crippen LogP contribution in [0.2, 0.25) is 0 Å². The second kappa shape index (κ2) is 2.57. The Balaban J connectivity index is 2.68. The number of carbonyl (C=O) groups is 1. The molecule has 0 radical (unpaired) electrons. The third-order valence-electron chi connectivity index (χ3n) is 2.18. The predicted octanol–water partition coefficient (Wildman–Crippen LogP) is 2.32. The highest BCUT2D eigenvalue weighted by Crippen LogP contribution is 2.33. The molecule has 0 saturated heterocycles. The van der Waals surface area contributed by atoms with Crippen LogP contribution in [0, 0.1) is 5.41 Å². The molecule has 0 aromatic rings. The summed E-state index contributed by atoms with van der Waals surface area (Å²) in [5.41, 5.74) is 1.31. The SMILES string of the molecule is CC1=CCCC(C)(C=O)C1. The van der Waals surface area contributed by atoms with Crippen molar-refractivity contribution in [3.05, 3.63) is 11.6 Å². The van der Waals surface area contributed by atoms with Gasteiger partial charge in [0.15, 0.2) is 0 Å². The molecule has 0 aromatic heterocycles. The lowest BCUT2D eigenvalue weighted by molar-refractivity contribution is -0.115. The highest BCUT2D eigenvalue weighted by Gasteiger charge is 2.25. The summed E-state index contributed by atoms with van der Waals surface area (Å²) >= 11 is 0. The normalized spacial score (nSPS) is 33.2. The van der Waals surface area contributed by atoms with Crippen LogP contribution in [0.5, 0.6) is 0 Å². The van der Waals surface area contributed by atoms with Gasteiger partial charge in [0.05, 0.1) is 0 Å². The number of hydrogen-bond acceptors (Lipinski definition) is 1. The maximum atomic E-state index is 10.6. The minimum Gasteiger partial charge on any atom is -0.303 e. The first-order valence-corrected chi connectivity index (χ1v) is 3.78. The summed E-state index contributed by atoms with van der Waals surface area (Å²) in [4.78, 5) is 10.6. The molecule has 1 rings (SSSR count). The summed E-state index contributed by atoms with van der Waals surface area (Å²) in [7, 11) is 0. The summed E-state index contributed by atoms with van der Waals surface area (Å²) in [6.07, 6.45) is 6.38. The molecule has 0 N–H and O–H groups in total. The quantitative estimate of drug-likeness (QED) is 0.401. The molecular formula is C9H14O. The van der Waals surface area contributed by atoms with E-state index in [0.29, 0.717) is 0 Å². The number of rotatable bonds is 1. The molecule has 1 atom stereocenters. The zero-order valence-corrected chi connectivity index (χ0v) is 6.68. The fourth-order valence-electron chi connectivity index (χ4n) is 1.55. The monoisotopic (exact) mass is 138 g/mol. The molecule has 0 fully saturated rings. The van der Waals surface area contributed by atoms with Crippen molar-refractivity contribution in [2.75, 3.05) is 0 Å². The zero-order valence-electron chi connectivity index (χ0n) is 6.68. The van der Waals surface area contributed by atoms with Gasteiger partial charge in [0.25, 0.3) is 0 Å². The number of aldehydes is 1. The van der Waals surface area contributed by atoms with Gasteiger partial charge in [-0.3, -0.25) is 0 Å². The maximum Gasteiger partial charge on any atom is 0.126 e.